The van der Waals surface area contributed by atoms with Crippen molar-refractivity contribution in [3.05, 3.63) is 29.3 Å². The van der Waals surface area contributed by atoms with Gasteiger partial charge in [-0.15, -0.1) is 0 Å². The summed E-state index contributed by atoms with van der Waals surface area (Å²) in [6.45, 7) is 2.25. The van der Waals surface area contributed by atoms with Crippen LogP contribution in [0.1, 0.15) is 99.9 Å². The number of aromatic carboxylic acids is 1. The molecule has 0 aromatic heterocycles. The molecule has 0 atom stereocenters. The van der Waals surface area contributed by atoms with Crippen molar-refractivity contribution < 1.29 is 66.4 Å². The summed E-state index contributed by atoms with van der Waals surface area (Å²) in [7, 11) is 0. The van der Waals surface area contributed by atoms with Crippen molar-refractivity contribution in [3.63, 3.8) is 0 Å². The van der Waals surface area contributed by atoms with E-state index in [1.54, 1.807) is 12.1 Å². The second-order valence-corrected chi connectivity index (χ2v) is 6.74. The molecule has 1 aromatic carbocycles. The van der Waals surface area contributed by atoms with Crippen LogP contribution >= 0.6 is 0 Å². The van der Waals surface area contributed by atoms with Gasteiger partial charge in [0, 0.05) is 0 Å². The van der Waals surface area contributed by atoms with Crippen LogP contribution in [0.3, 0.4) is 0 Å². The smallest absolute Gasteiger partial charge is 0.872 e. The first-order valence-electron chi connectivity index (χ1n) is 9.69. The normalized spacial score (nSPS) is 10.4. The van der Waals surface area contributed by atoms with Gasteiger partial charge >= 0.3 is 57.4 Å². The minimum absolute atomic E-state index is 0. The third-order valence-electron chi connectivity index (χ3n) is 4.63. The summed E-state index contributed by atoms with van der Waals surface area (Å²) in [5.41, 5.74) is 0.536. The number of hydrogen-bond acceptors (Lipinski definition) is 2. The van der Waals surface area contributed by atoms with Gasteiger partial charge in [-0.2, -0.15) is 0 Å². The van der Waals surface area contributed by atoms with Crippen molar-refractivity contribution in [3.8, 4) is 5.75 Å². The molecule has 1 rings (SSSR count). The number of rotatable bonds is 14. The van der Waals surface area contributed by atoms with Gasteiger partial charge in [-0.05, 0) is 18.9 Å². The summed E-state index contributed by atoms with van der Waals surface area (Å²) >= 11 is 0. The third-order valence-corrected chi connectivity index (χ3v) is 4.63. The third kappa shape index (κ3) is 11.4. The summed E-state index contributed by atoms with van der Waals surface area (Å²) in [4.78, 5) is 10.9. The summed E-state index contributed by atoms with van der Waals surface area (Å²) < 4.78 is 0. The van der Waals surface area contributed by atoms with Gasteiger partial charge in [-0.3, -0.25) is 0 Å². The van der Waals surface area contributed by atoms with Crippen LogP contribution in [0.15, 0.2) is 18.2 Å². The van der Waals surface area contributed by atoms with E-state index in [0.29, 0.717) is 12.0 Å². The minimum atomic E-state index is -1.13. The fourth-order valence-electron chi connectivity index (χ4n) is 3.11. The molecule has 1 aromatic rings. The Morgan fingerprint density at radius 1 is 0.880 bits per heavy atom. The van der Waals surface area contributed by atoms with E-state index in [-0.39, 0.29) is 62.7 Å². The molecule has 3 nitrogen and oxygen atoms in total. The van der Waals surface area contributed by atoms with Crippen LogP contribution in [0.2, 0.25) is 0 Å². The fraction of sp³-hybridized carbons (Fsp3) is 0.667. The molecular formula is C21H33KO3. The molecule has 0 bridgehead atoms. The van der Waals surface area contributed by atoms with Gasteiger partial charge < -0.3 is 10.2 Å². The van der Waals surface area contributed by atoms with E-state index in [0.717, 1.165) is 12.8 Å². The van der Waals surface area contributed by atoms with E-state index in [1.165, 1.54) is 70.3 Å². The van der Waals surface area contributed by atoms with Gasteiger partial charge in [-0.1, -0.05) is 101 Å². The zero-order chi connectivity index (χ0) is 17.6. The van der Waals surface area contributed by atoms with Gasteiger partial charge in [0.05, 0.1) is 5.56 Å². The zero-order valence-electron chi connectivity index (χ0n) is 16.2. The molecule has 0 spiro atoms. The number of para-hydroxylation sites is 1. The number of hydrogen-bond donors (Lipinski definition) is 1. The van der Waals surface area contributed by atoms with Crippen molar-refractivity contribution in [2.75, 3.05) is 0 Å². The predicted molar refractivity (Wildman–Crippen MR) is 97.6 cm³/mol. The first-order valence-corrected chi connectivity index (χ1v) is 9.69. The number of carbonyl (C=O) groups is 1. The SMILES string of the molecule is CCCCCCCCCCCCCCc1cccc(C(=O)O)c1[O-].[K+]. The number of carboxylic acids is 1. The second-order valence-electron chi connectivity index (χ2n) is 6.74. The van der Waals surface area contributed by atoms with Crippen molar-refractivity contribution >= 4 is 5.97 Å². The molecule has 25 heavy (non-hydrogen) atoms. The van der Waals surface area contributed by atoms with Gasteiger partial charge in [0.1, 0.15) is 0 Å². The van der Waals surface area contributed by atoms with Crippen molar-refractivity contribution in [1.82, 2.24) is 0 Å². The Kier molecular flexibility index (Phi) is 16.4. The molecule has 0 unspecified atom stereocenters. The van der Waals surface area contributed by atoms with E-state index in [1.807, 2.05) is 0 Å². The molecule has 0 saturated heterocycles. The maximum Gasteiger partial charge on any atom is 1.00 e. The van der Waals surface area contributed by atoms with E-state index < -0.39 is 5.97 Å². The quantitative estimate of drug-likeness (QED) is 0.403. The van der Waals surface area contributed by atoms with Crippen molar-refractivity contribution in [2.45, 2.75) is 90.4 Å². The summed E-state index contributed by atoms with van der Waals surface area (Å²) in [6.07, 6.45) is 16.1. The summed E-state index contributed by atoms with van der Waals surface area (Å²) in [5, 5.41) is 20.9. The minimum Gasteiger partial charge on any atom is -0.872 e. The molecule has 0 aliphatic heterocycles. The molecule has 0 heterocycles. The van der Waals surface area contributed by atoms with Crippen LogP contribution in [0.5, 0.6) is 5.75 Å². The zero-order valence-corrected chi connectivity index (χ0v) is 19.3. The first-order chi connectivity index (χ1) is 11.7. The van der Waals surface area contributed by atoms with Crippen LogP contribution in [0.25, 0.3) is 0 Å². The van der Waals surface area contributed by atoms with E-state index in [9.17, 15) is 9.90 Å². The average Bonchev–Trinajstić information content (AvgIpc) is 2.57. The van der Waals surface area contributed by atoms with Crippen LogP contribution < -0.4 is 56.5 Å². The number of unbranched alkanes of at least 4 members (excludes halogenated alkanes) is 11. The molecule has 0 fully saturated rings. The van der Waals surface area contributed by atoms with Crippen LogP contribution in [-0.2, 0) is 6.42 Å². The molecular weight excluding hydrogens is 339 g/mol. The maximum absolute atomic E-state index is 12.0. The molecule has 0 aliphatic carbocycles. The topological polar surface area (TPSA) is 60.4 Å². The molecule has 0 saturated carbocycles. The van der Waals surface area contributed by atoms with Gasteiger partial charge in [0.25, 0.3) is 0 Å². The van der Waals surface area contributed by atoms with Gasteiger partial charge in [0.2, 0.25) is 0 Å². The number of aryl methyl sites for hydroxylation is 1. The Balaban J connectivity index is 0.00000576. The Morgan fingerprint density at radius 3 is 1.84 bits per heavy atom. The molecule has 0 aliphatic rings. The standard InChI is InChI=1S/C21H34O3.K/c1-2-3-4-5-6-7-8-9-10-11-12-13-15-18-16-14-17-19(20(18)22)21(23)24;/h14,16-17,22H,2-13,15H2,1H3,(H,23,24);/q;+1/p-1. The first kappa shape index (κ1) is 25.1. The summed E-state index contributed by atoms with van der Waals surface area (Å²) in [5.74, 6) is -1.44. The van der Waals surface area contributed by atoms with E-state index in [4.69, 9.17) is 5.11 Å². The number of carboxylic acid groups (broad SMARTS) is 1. The van der Waals surface area contributed by atoms with Crippen molar-refractivity contribution in [2.24, 2.45) is 0 Å². The van der Waals surface area contributed by atoms with Crippen molar-refractivity contribution in [1.29, 1.82) is 0 Å². The molecule has 0 radical (unpaired) electrons. The largest absolute Gasteiger partial charge is 1.00 e. The Bertz CT molecular complexity index is 474. The van der Waals surface area contributed by atoms with Gasteiger partial charge in [0.15, 0.2) is 0 Å². The van der Waals surface area contributed by atoms with Gasteiger partial charge in [-0.25, -0.2) is 4.79 Å². The van der Waals surface area contributed by atoms with E-state index >= 15 is 0 Å². The van der Waals surface area contributed by atoms with Crippen LogP contribution in [-0.4, -0.2) is 11.1 Å². The Hall–Kier alpha value is 0.126. The Morgan fingerprint density at radius 2 is 1.36 bits per heavy atom. The molecule has 1 N–H and O–H groups in total. The monoisotopic (exact) mass is 372 g/mol. The average molecular weight is 373 g/mol. The van der Waals surface area contributed by atoms with Crippen LogP contribution in [0.4, 0.5) is 0 Å². The van der Waals surface area contributed by atoms with Crippen LogP contribution in [0, 0.1) is 0 Å². The maximum atomic E-state index is 12.0. The molecule has 136 valence electrons. The summed E-state index contributed by atoms with van der Waals surface area (Å²) in [6, 6.07) is 4.81. The molecule has 0 amide bonds. The predicted octanol–water partition coefficient (Wildman–Crippen LogP) is 2.71. The fourth-order valence-corrected chi connectivity index (χ4v) is 3.11. The Labute approximate surface area is 196 Å². The molecule has 4 heteroatoms. The van der Waals surface area contributed by atoms with E-state index in [2.05, 4.69) is 6.92 Å². The second kappa shape index (κ2) is 16.3. The number of benzene rings is 1.